The maximum atomic E-state index is 11.8. The smallest absolute Gasteiger partial charge is 0.436 e. The number of aliphatic imine (C=N–C) groups is 1. The number of amides is 1. The summed E-state index contributed by atoms with van der Waals surface area (Å²) in [5, 5.41) is 8.93. The predicted octanol–water partition coefficient (Wildman–Crippen LogP) is 3.58. The number of carbonyl (C=O) groups is 1. The lowest BCUT2D eigenvalue weighted by Gasteiger charge is -2.31. The van der Waals surface area contributed by atoms with Crippen molar-refractivity contribution in [2.45, 2.75) is 58.5 Å². The molecule has 1 saturated heterocycles. The summed E-state index contributed by atoms with van der Waals surface area (Å²) in [7, 11) is 0. The van der Waals surface area contributed by atoms with Crippen molar-refractivity contribution >= 4 is 11.9 Å². The Morgan fingerprint density at radius 3 is 2.47 bits per heavy atom. The molecule has 1 aromatic rings. The Balaban J connectivity index is 1.68. The number of rotatable bonds is 9. The van der Waals surface area contributed by atoms with E-state index in [0.29, 0.717) is 12.2 Å². The fourth-order valence-electron chi connectivity index (χ4n) is 3.52. The van der Waals surface area contributed by atoms with Crippen LogP contribution >= 0.6 is 0 Å². The van der Waals surface area contributed by atoms with Crippen LogP contribution in [0.25, 0.3) is 0 Å². The van der Waals surface area contributed by atoms with Gasteiger partial charge in [0.2, 0.25) is 0 Å². The van der Waals surface area contributed by atoms with Crippen molar-refractivity contribution in [3.8, 4) is 5.75 Å². The lowest BCUT2D eigenvalue weighted by molar-refractivity contribution is 0.0604. The highest BCUT2D eigenvalue weighted by Gasteiger charge is 2.18. The van der Waals surface area contributed by atoms with Gasteiger partial charge in [0.05, 0.1) is 6.61 Å². The summed E-state index contributed by atoms with van der Waals surface area (Å²) >= 11 is 0. The van der Waals surface area contributed by atoms with Crippen molar-refractivity contribution in [1.82, 2.24) is 4.90 Å². The minimum atomic E-state index is -0.695. The van der Waals surface area contributed by atoms with E-state index in [9.17, 15) is 4.79 Å². The third-order valence-electron chi connectivity index (χ3n) is 5.12. The largest absolute Gasteiger partial charge is 0.494 e. The summed E-state index contributed by atoms with van der Waals surface area (Å²) in [6.45, 7) is 9.60. The van der Waals surface area contributed by atoms with Crippen LogP contribution in [0.15, 0.2) is 29.3 Å². The van der Waals surface area contributed by atoms with Crippen LogP contribution in [-0.4, -0.2) is 60.4 Å². The number of carbonyl (C=O) groups excluding carboxylic acids is 1. The molecule has 2 rings (SSSR count). The molecule has 168 valence electrons. The molecular formula is C23H37N3O4. The fraction of sp³-hybridized carbons (Fsp3) is 0.652. The van der Waals surface area contributed by atoms with Gasteiger partial charge in [-0.2, -0.15) is 4.99 Å². The number of ether oxygens (including phenoxy) is 2. The van der Waals surface area contributed by atoms with E-state index in [-0.39, 0.29) is 12.4 Å². The molecule has 0 aromatic heterocycles. The third kappa shape index (κ3) is 9.13. The van der Waals surface area contributed by atoms with Crippen LogP contribution in [0.3, 0.4) is 0 Å². The van der Waals surface area contributed by atoms with Crippen molar-refractivity contribution in [2.75, 3.05) is 32.8 Å². The van der Waals surface area contributed by atoms with Gasteiger partial charge >= 0.3 is 6.09 Å². The summed E-state index contributed by atoms with van der Waals surface area (Å²) in [5.41, 5.74) is 5.95. The second-order valence-electron chi connectivity index (χ2n) is 8.85. The van der Waals surface area contributed by atoms with E-state index in [1.165, 1.54) is 19.3 Å². The predicted molar refractivity (Wildman–Crippen MR) is 119 cm³/mol. The average molecular weight is 420 g/mol. The Morgan fingerprint density at radius 2 is 1.87 bits per heavy atom. The van der Waals surface area contributed by atoms with Crippen LogP contribution < -0.4 is 10.5 Å². The third-order valence-corrected chi connectivity index (χ3v) is 5.12. The van der Waals surface area contributed by atoms with Gasteiger partial charge in [0.1, 0.15) is 17.2 Å². The lowest BCUT2D eigenvalue weighted by atomic mass is 9.92. The average Bonchev–Trinajstić information content (AvgIpc) is 2.69. The molecule has 1 aliphatic heterocycles. The zero-order valence-corrected chi connectivity index (χ0v) is 18.6. The zero-order chi connectivity index (χ0) is 22.0. The number of likely N-dealkylation sites (tertiary alicyclic amines) is 1. The highest BCUT2D eigenvalue weighted by Crippen LogP contribution is 2.22. The Hall–Kier alpha value is -2.12. The van der Waals surface area contributed by atoms with Gasteiger partial charge in [-0.1, -0.05) is 0 Å². The van der Waals surface area contributed by atoms with Gasteiger partial charge in [0.25, 0.3) is 0 Å². The van der Waals surface area contributed by atoms with Gasteiger partial charge in [-0.05, 0) is 96.1 Å². The summed E-state index contributed by atoms with van der Waals surface area (Å²) in [4.78, 5) is 18.0. The molecule has 1 heterocycles. The number of piperidine rings is 1. The number of benzene rings is 1. The number of nitrogens with two attached hydrogens (primary N) is 1. The van der Waals surface area contributed by atoms with E-state index in [1.807, 2.05) is 12.1 Å². The number of amidine groups is 1. The highest BCUT2D eigenvalue weighted by atomic mass is 16.6. The van der Waals surface area contributed by atoms with Crippen LogP contribution in [-0.2, 0) is 4.74 Å². The minimum absolute atomic E-state index is 0.126. The molecule has 7 heteroatoms. The highest BCUT2D eigenvalue weighted by molar-refractivity contribution is 6.02. The van der Waals surface area contributed by atoms with Crippen molar-refractivity contribution in [1.29, 1.82) is 0 Å². The first kappa shape index (κ1) is 24.2. The van der Waals surface area contributed by atoms with Crippen molar-refractivity contribution in [3.05, 3.63) is 29.8 Å². The first-order valence-electron chi connectivity index (χ1n) is 10.9. The molecule has 0 bridgehead atoms. The fourth-order valence-corrected chi connectivity index (χ4v) is 3.52. The quantitative estimate of drug-likeness (QED) is 0.361. The molecule has 0 radical (unpaired) electrons. The molecule has 0 saturated carbocycles. The van der Waals surface area contributed by atoms with E-state index < -0.39 is 11.7 Å². The second kappa shape index (κ2) is 11.9. The van der Waals surface area contributed by atoms with Gasteiger partial charge in [0, 0.05) is 18.7 Å². The maximum Gasteiger partial charge on any atom is 0.436 e. The van der Waals surface area contributed by atoms with Crippen molar-refractivity contribution < 1.29 is 19.4 Å². The Morgan fingerprint density at radius 1 is 1.20 bits per heavy atom. The molecule has 1 aliphatic rings. The summed E-state index contributed by atoms with van der Waals surface area (Å²) in [5.74, 6) is 1.67. The molecule has 0 aliphatic carbocycles. The first-order valence-corrected chi connectivity index (χ1v) is 10.9. The number of hydrogen-bond acceptors (Lipinski definition) is 5. The molecule has 0 atom stereocenters. The topological polar surface area (TPSA) is 97.4 Å². The summed E-state index contributed by atoms with van der Waals surface area (Å²) < 4.78 is 11.0. The Labute approximate surface area is 180 Å². The SMILES string of the molecule is CC(C)(C)OC(=O)N=C(N)c1ccc(OCCCC2CCN(CCCO)CC2)cc1. The second-order valence-corrected chi connectivity index (χ2v) is 8.85. The van der Waals surface area contributed by atoms with Gasteiger partial charge in [-0.3, -0.25) is 0 Å². The minimum Gasteiger partial charge on any atom is -0.494 e. The molecule has 0 unspecified atom stereocenters. The van der Waals surface area contributed by atoms with Gasteiger partial charge < -0.3 is 25.2 Å². The van der Waals surface area contributed by atoms with Gasteiger partial charge in [0.15, 0.2) is 0 Å². The molecule has 0 spiro atoms. The summed E-state index contributed by atoms with van der Waals surface area (Å²) in [6, 6.07) is 7.26. The molecule has 1 fully saturated rings. The molecule has 1 aromatic carbocycles. The van der Waals surface area contributed by atoms with Crippen molar-refractivity contribution in [3.63, 3.8) is 0 Å². The number of aliphatic hydroxyl groups is 1. The zero-order valence-electron chi connectivity index (χ0n) is 18.6. The van der Waals surface area contributed by atoms with Crippen molar-refractivity contribution in [2.24, 2.45) is 16.6 Å². The molecule has 30 heavy (non-hydrogen) atoms. The van der Waals surface area contributed by atoms with Gasteiger partial charge in [-0.25, -0.2) is 4.79 Å². The summed E-state index contributed by atoms with van der Waals surface area (Å²) in [6.07, 6.45) is 4.86. The van der Waals surface area contributed by atoms with Crippen LogP contribution in [0.2, 0.25) is 0 Å². The number of hydrogen-bond donors (Lipinski definition) is 2. The molecule has 1 amide bonds. The van der Waals surface area contributed by atoms with Crippen LogP contribution in [0.1, 0.15) is 58.4 Å². The van der Waals surface area contributed by atoms with E-state index >= 15 is 0 Å². The van der Waals surface area contributed by atoms with Crippen LogP contribution in [0.4, 0.5) is 4.79 Å². The Kier molecular flexibility index (Phi) is 9.59. The van der Waals surface area contributed by atoms with Crippen LogP contribution in [0.5, 0.6) is 5.75 Å². The number of aliphatic hydroxyl groups excluding tert-OH is 1. The van der Waals surface area contributed by atoms with Gasteiger partial charge in [-0.15, -0.1) is 0 Å². The number of nitrogens with zero attached hydrogens (tertiary/aromatic N) is 2. The van der Waals surface area contributed by atoms with E-state index in [0.717, 1.165) is 44.1 Å². The van der Waals surface area contributed by atoms with E-state index in [1.54, 1.807) is 32.9 Å². The van der Waals surface area contributed by atoms with E-state index in [2.05, 4.69) is 9.89 Å². The van der Waals surface area contributed by atoms with Crippen LogP contribution in [0, 0.1) is 5.92 Å². The molecular weight excluding hydrogens is 382 g/mol. The Bertz CT molecular complexity index is 675. The standard InChI is InChI=1S/C23H37N3O4/c1-23(2,3)30-22(28)25-21(24)19-7-9-20(10-8-19)29-17-4-6-18-11-14-26(15-12-18)13-5-16-27/h7-10,18,27H,4-6,11-17H2,1-3H3,(H2,24,25,28). The maximum absolute atomic E-state index is 11.8. The van der Waals surface area contributed by atoms with E-state index in [4.69, 9.17) is 20.3 Å². The first-order chi connectivity index (χ1) is 14.3. The normalized spacial score (nSPS) is 16.5. The molecule has 7 nitrogen and oxygen atoms in total. The monoisotopic (exact) mass is 419 g/mol. The lowest BCUT2D eigenvalue weighted by Crippen LogP contribution is -2.34. The molecule has 3 N–H and O–H groups in total.